The van der Waals surface area contributed by atoms with Gasteiger partial charge in [-0.05, 0) is 31.5 Å². The number of halogens is 2. The molecular formula is C16H15ClFN3O2. The van der Waals surface area contributed by atoms with Gasteiger partial charge >= 0.3 is 6.01 Å². The molecule has 1 amide bonds. The number of hydrogen-bond acceptors (Lipinski definition) is 4. The van der Waals surface area contributed by atoms with Gasteiger partial charge in [-0.1, -0.05) is 11.6 Å². The fraction of sp³-hybridized carbons (Fsp3) is 0.312. The average molecular weight is 336 g/mol. The summed E-state index contributed by atoms with van der Waals surface area (Å²) in [6, 6.07) is 4.36. The Kier molecular flexibility index (Phi) is 4.43. The lowest BCUT2D eigenvalue weighted by Crippen LogP contribution is -2.30. The normalized spacial score (nSPS) is 17.6. The van der Waals surface area contributed by atoms with Gasteiger partial charge in [0.2, 0.25) is 5.91 Å². The zero-order valence-electron chi connectivity index (χ0n) is 12.5. The predicted molar refractivity (Wildman–Crippen MR) is 82.8 cm³/mol. The highest BCUT2D eigenvalue weighted by Crippen LogP contribution is 2.25. The van der Waals surface area contributed by atoms with Crippen LogP contribution in [0.2, 0.25) is 5.02 Å². The van der Waals surface area contributed by atoms with Crippen molar-refractivity contribution in [3.8, 4) is 11.8 Å². The first-order chi connectivity index (χ1) is 11.0. The Balaban J connectivity index is 1.68. The highest BCUT2D eigenvalue weighted by molar-refractivity contribution is 6.30. The smallest absolute Gasteiger partial charge is 0.321 e. The monoisotopic (exact) mass is 335 g/mol. The van der Waals surface area contributed by atoms with E-state index in [-0.39, 0.29) is 28.7 Å². The molecular weight excluding hydrogens is 321 g/mol. The van der Waals surface area contributed by atoms with Crippen LogP contribution in [0.4, 0.5) is 4.39 Å². The average Bonchev–Trinajstić information content (AvgIpc) is 2.84. The van der Waals surface area contributed by atoms with Gasteiger partial charge in [0.1, 0.15) is 0 Å². The summed E-state index contributed by atoms with van der Waals surface area (Å²) in [6.07, 6.45) is 4.61. The number of amides is 1. The van der Waals surface area contributed by atoms with Crippen molar-refractivity contribution in [2.24, 2.45) is 0 Å². The molecule has 120 valence electrons. The lowest BCUT2D eigenvalue weighted by atomic mass is 10.2. The molecule has 1 aromatic carbocycles. The number of benzene rings is 1. The van der Waals surface area contributed by atoms with E-state index in [0.717, 1.165) is 18.1 Å². The van der Waals surface area contributed by atoms with E-state index in [2.05, 4.69) is 9.97 Å². The first-order valence-electron chi connectivity index (χ1n) is 7.26. The summed E-state index contributed by atoms with van der Waals surface area (Å²) in [5.74, 6) is -0.437. The van der Waals surface area contributed by atoms with Gasteiger partial charge in [-0.15, -0.1) is 0 Å². The Morgan fingerprint density at radius 3 is 2.74 bits per heavy atom. The second-order valence-corrected chi connectivity index (χ2v) is 5.90. The summed E-state index contributed by atoms with van der Waals surface area (Å²) in [5.41, 5.74) is 0.802. The van der Waals surface area contributed by atoms with Crippen LogP contribution in [-0.2, 0) is 11.3 Å². The number of carbonyl (C=O) groups is 1. The van der Waals surface area contributed by atoms with E-state index in [9.17, 15) is 9.18 Å². The largest absolute Gasteiger partial charge is 0.421 e. The Bertz CT molecular complexity index is 724. The van der Waals surface area contributed by atoms with Crippen LogP contribution in [0.25, 0.3) is 0 Å². The van der Waals surface area contributed by atoms with Gasteiger partial charge in [-0.2, -0.15) is 0 Å². The highest BCUT2D eigenvalue weighted by atomic mass is 35.5. The van der Waals surface area contributed by atoms with Crippen molar-refractivity contribution in [3.05, 3.63) is 47.0 Å². The standard InChI is InChI=1S/C16H15ClFN3O2/c1-10-2-5-15(22)21(10)9-11-7-19-16(20-8-11)23-14-4-3-12(17)6-13(14)18/h3-4,6-8,10H,2,5,9H2,1H3/t10-/m0/s1. The molecule has 0 saturated carbocycles. The Morgan fingerprint density at radius 2 is 2.13 bits per heavy atom. The molecule has 5 nitrogen and oxygen atoms in total. The van der Waals surface area contributed by atoms with Crippen molar-refractivity contribution in [2.45, 2.75) is 32.4 Å². The van der Waals surface area contributed by atoms with E-state index in [0.29, 0.717) is 13.0 Å². The molecule has 2 heterocycles. The third-order valence-corrected chi connectivity index (χ3v) is 3.99. The minimum absolute atomic E-state index is 0.00509. The molecule has 0 N–H and O–H groups in total. The first kappa shape index (κ1) is 15.7. The SMILES string of the molecule is C[C@H]1CCC(=O)N1Cc1cnc(Oc2ccc(Cl)cc2F)nc1. The lowest BCUT2D eigenvalue weighted by molar-refractivity contribution is -0.129. The second-order valence-electron chi connectivity index (χ2n) is 5.46. The van der Waals surface area contributed by atoms with Crippen molar-refractivity contribution in [2.75, 3.05) is 0 Å². The number of hydrogen-bond donors (Lipinski definition) is 0. The summed E-state index contributed by atoms with van der Waals surface area (Å²) < 4.78 is 19.0. The van der Waals surface area contributed by atoms with Crippen LogP contribution in [-0.4, -0.2) is 26.8 Å². The van der Waals surface area contributed by atoms with Crippen LogP contribution in [0, 0.1) is 5.82 Å². The molecule has 0 unspecified atom stereocenters. The van der Waals surface area contributed by atoms with E-state index >= 15 is 0 Å². The Labute approximate surface area is 138 Å². The van der Waals surface area contributed by atoms with Gasteiger partial charge in [0.15, 0.2) is 11.6 Å². The molecule has 1 aromatic heterocycles. The van der Waals surface area contributed by atoms with E-state index in [1.807, 2.05) is 6.92 Å². The van der Waals surface area contributed by atoms with Crippen molar-refractivity contribution < 1.29 is 13.9 Å². The summed E-state index contributed by atoms with van der Waals surface area (Å²) >= 11 is 5.69. The summed E-state index contributed by atoms with van der Waals surface area (Å²) in [6.45, 7) is 2.49. The van der Waals surface area contributed by atoms with E-state index < -0.39 is 5.82 Å². The lowest BCUT2D eigenvalue weighted by Gasteiger charge is -2.21. The van der Waals surface area contributed by atoms with E-state index in [1.54, 1.807) is 17.3 Å². The van der Waals surface area contributed by atoms with Crippen molar-refractivity contribution in [1.82, 2.24) is 14.9 Å². The maximum absolute atomic E-state index is 13.7. The third kappa shape index (κ3) is 3.59. The molecule has 1 saturated heterocycles. The fourth-order valence-electron chi connectivity index (χ4n) is 2.45. The molecule has 7 heteroatoms. The van der Waals surface area contributed by atoms with Gasteiger partial charge in [0.05, 0.1) is 0 Å². The second kappa shape index (κ2) is 6.50. The molecule has 3 rings (SSSR count). The molecule has 0 spiro atoms. The molecule has 0 aliphatic carbocycles. The van der Waals surface area contributed by atoms with E-state index in [1.165, 1.54) is 12.1 Å². The van der Waals surface area contributed by atoms with Crippen LogP contribution in [0.15, 0.2) is 30.6 Å². The van der Waals surface area contributed by atoms with Gasteiger partial charge in [-0.25, -0.2) is 14.4 Å². The third-order valence-electron chi connectivity index (χ3n) is 3.76. The quantitative estimate of drug-likeness (QED) is 0.857. The number of nitrogens with zero attached hydrogens (tertiary/aromatic N) is 3. The topological polar surface area (TPSA) is 55.3 Å². The maximum Gasteiger partial charge on any atom is 0.321 e. The zero-order chi connectivity index (χ0) is 16.4. The Morgan fingerprint density at radius 1 is 1.39 bits per heavy atom. The number of ether oxygens (including phenoxy) is 1. The molecule has 0 radical (unpaired) electrons. The zero-order valence-corrected chi connectivity index (χ0v) is 13.3. The van der Waals surface area contributed by atoms with Gasteiger partial charge in [0, 0.05) is 42.0 Å². The van der Waals surface area contributed by atoms with E-state index in [4.69, 9.17) is 16.3 Å². The molecule has 1 fully saturated rings. The number of likely N-dealkylation sites (tertiary alicyclic amines) is 1. The predicted octanol–water partition coefficient (Wildman–Crippen LogP) is 3.57. The summed E-state index contributed by atoms with van der Waals surface area (Å²) in [7, 11) is 0. The first-order valence-corrected chi connectivity index (χ1v) is 7.64. The highest BCUT2D eigenvalue weighted by Gasteiger charge is 2.27. The van der Waals surface area contributed by atoms with Crippen molar-refractivity contribution >= 4 is 17.5 Å². The van der Waals surface area contributed by atoms with Gasteiger partial charge < -0.3 is 9.64 Å². The Hall–Kier alpha value is -2.21. The molecule has 1 atom stereocenters. The van der Waals surface area contributed by atoms with Crippen LogP contribution >= 0.6 is 11.6 Å². The van der Waals surface area contributed by atoms with Crippen LogP contribution < -0.4 is 4.74 Å². The number of rotatable bonds is 4. The molecule has 0 bridgehead atoms. The fourth-order valence-corrected chi connectivity index (χ4v) is 2.61. The van der Waals surface area contributed by atoms with Crippen molar-refractivity contribution in [3.63, 3.8) is 0 Å². The van der Waals surface area contributed by atoms with Gasteiger partial charge in [-0.3, -0.25) is 4.79 Å². The summed E-state index contributed by atoms with van der Waals surface area (Å²) in [5, 5.41) is 0.288. The number of aromatic nitrogens is 2. The minimum atomic E-state index is -0.582. The minimum Gasteiger partial charge on any atom is -0.421 e. The van der Waals surface area contributed by atoms with Crippen LogP contribution in [0.1, 0.15) is 25.3 Å². The van der Waals surface area contributed by atoms with Gasteiger partial charge in [0.25, 0.3) is 0 Å². The van der Waals surface area contributed by atoms with Crippen molar-refractivity contribution in [1.29, 1.82) is 0 Å². The molecule has 2 aromatic rings. The molecule has 23 heavy (non-hydrogen) atoms. The van der Waals surface area contributed by atoms with Crippen LogP contribution in [0.3, 0.4) is 0 Å². The number of carbonyl (C=O) groups excluding carboxylic acids is 1. The molecule has 1 aliphatic rings. The summed E-state index contributed by atoms with van der Waals surface area (Å²) in [4.78, 5) is 21.7. The maximum atomic E-state index is 13.7. The molecule has 1 aliphatic heterocycles. The van der Waals surface area contributed by atoms with Crippen LogP contribution in [0.5, 0.6) is 11.8 Å².